The number of fused-ring (bicyclic) bond motifs is 2. The van der Waals surface area contributed by atoms with Gasteiger partial charge in [-0.1, -0.05) is 24.3 Å². The molecule has 4 aromatic rings. The van der Waals surface area contributed by atoms with Crippen LogP contribution in [0.5, 0.6) is 0 Å². The molecule has 1 aromatic heterocycles. The number of carbonyl (C=O) groups excluding carboxylic acids is 1. The van der Waals surface area contributed by atoms with Crippen molar-refractivity contribution in [3.8, 4) is 11.3 Å². The number of pyridine rings is 1. The highest BCUT2D eigenvalue weighted by Gasteiger charge is 2.24. The Morgan fingerprint density at radius 1 is 1.00 bits per heavy atom. The summed E-state index contributed by atoms with van der Waals surface area (Å²) in [6.07, 6.45) is 3.85. The Morgan fingerprint density at radius 2 is 1.81 bits per heavy atom. The van der Waals surface area contributed by atoms with Gasteiger partial charge >= 0.3 is 5.97 Å². The maximum Gasteiger partial charge on any atom is 0.303 e. The van der Waals surface area contributed by atoms with Crippen molar-refractivity contribution in [2.75, 3.05) is 0 Å². The van der Waals surface area contributed by atoms with Gasteiger partial charge in [0.1, 0.15) is 5.82 Å². The summed E-state index contributed by atoms with van der Waals surface area (Å²) in [5.41, 5.74) is 6.27. The van der Waals surface area contributed by atoms with E-state index in [9.17, 15) is 14.0 Å². The molecule has 2 N–H and O–H groups in total. The van der Waals surface area contributed by atoms with E-state index in [0.717, 1.165) is 40.6 Å². The number of nitrogens with one attached hydrogen (secondary N) is 1. The predicted octanol–water partition coefficient (Wildman–Crippen LogP) is 6.26. The van der Waals surface area contributed by atoms with E-state index in [1.165, 1.54) is 23.3 Å². The molecule has 1 atom stereocenters. The van der Waals surface area contributed by atoms with Crippen LogP contribution in [-0.2, 0) is 17.6 Å². The van der Waals surface area contributed by atoms with Crippen LogP contribution in [0.1, 0.15) is 58.8 Å². The van der Waals surface area contributed by atoms with Gasteiger partial charge in [-0.25, -0.2) is 9.37 Å². The van der Waals surface area contributed by atoms with Crippen molar-refractivity contribution in [1.82, 2.24) is 10.3 Å². The minimum absolute atomic E-state index is 0.00757. The molecule has 1 aliphatic carbocycles. The van der Waals surface area contributed by atoms with E-state index in [-0.39, 0.29) is 24.2 Å². The summed E-state index contributed by atoms with van der Waals surface area (Å²) in [4.78, 5) is 28.9. The second kappa shape index (κ2) is 10.3. The summed E-state index contributed by atoms with van der Waals surface area (Å²) in [7, 11) is 0. The van der Waals surface area contributed by atoms with Crippen molar-refractivity contribution in [3.63, 3.8) is 0 Å². The number of carboxylic acid groups (broad SMARTS) is 1. The van der Waals surface area contributed by atoms with Crippen LogP contribution in [0.4, 0.5) is 4.39 Å². The zero-order valence-electron chi connectivity index (χ0n) is 19.8. The Morgan fingerprint density at radius 3 is 2.61 bits per heavy atom. The monoisotopic (exact) mass is 482 g/mol. The molecule has 6 heteroatoms. The number of aryl methyl sites for hydroxylation is 2. The van der Waals surface area contributed by atoms with Crippen LogP contribution in [-0.4, -0.2) is 22.0 Å². The Kier molecular flexibility index (Phi) is 6.76. The highest BCUT2D eigenvalue weighted by molar-refractivity contribution is 5.98. The van der Waals surface area contributed by atoms with Gasteiger partial charge in [0.05, 0.1) is 17.3 Å². The minimum atomic E-state index is -0.814. The van der Waals surface area contributed by atoms with Crippen molar-refractivity contribution >= 4 is 22.8 Å². The largest absolute Gasteiger partial charge is 0.481 e. The fourth-order valence-corrected chi connectivity index (χ4v) is 4.95. The quantitative estimate of drug-likeness (QED) is 0.291. The maximum absolute atomic E-state index is 13.5. The van der Waals surface area contributed by atoms with Crippen LogP contribution >= 0.6 is 0 Å². The first-order valence-electron chi connectivity index (χ1n) is 12.3. The molecule has 0 radical (unpaired) electrons. The smallest absolute Gasteiger partial charge is 0.303 e. The summed E-state index contributed by atoms with van der Waals surface area (Å²) in [6.45, 7) is 0. The molecule has 0 bridgehead atoms. The third-order valence-electron chi connectivity index (χ3n) is 6.80. The van der Waals surface area contributed by atoms with Gasteiger partial charge in [-0.05, 0) is 97.3 Å². The molecule has 0 saturated heterocycles. The van der Waals surface area contributed by atoms with Crippen LogP contribution in [0.25, 0.3) is 22.2 Å². The van der Waals surface area contributed by atoms with Crippen molar-refractivity contribution in [2.24, 2.45) is 0 Å². The van der Waals surface area contributed by atoms with Crippen LogP contribution in [0, 0.1) is 5.82 Å². The number of rotatable bonds is 8. The van der Waals surface area contributed by atoms with E-state index in [4.69, 9.17) is 10.1 Å². The van der Waals surface area contributed by atoms with E-state index in [1.54, 1.807) is 18.2 Å². The molecule has 5 nitrogen and oxygen atoms in total. The zero-order valence-corrected chi connectivity index (χ0v) is 19.8. The number of unbranched alkanes of at least 4 members (excludes halogenated alkanes) is 1. The molecule has 3 aromatic carbocycles. The third kappa shape index (κ3) is 5.13. The Bertz CT molecular complexity index is 1430. The van der Waals surface area contributed by atoms with E-state index < -0.39 is 5.97 Å². The number of hydrogen-bond donors (Lipinski definition) is 2. The van der Waals surface area contributed by atoms with Crippen molar-refractivity contribution in [3.05, 3.63) is 101 Å². The molecule has 1 heterocycles. The standard InChI is InChI=1S/C30H27FN2O3/c31-24-13-9-20(10-14-24)29-21(6-2-4-8-28(34)35)17-23-18-22(12-15-26(23)32-29)30(36)33-27-16-11-19-5-1-3-7-25(19)27/h1,3,5,7,9-10,12-15,17-18,27H,2,4,6,8,11,16H2,(H,33,36)(H,34,35). The zero-order chi connectivity index (χ0) is 25.1. The molecule has 0 saturated carbocycles. The van der Waals surface area contributed by atoms with Crippen LogP contribution in [0.15, 0.2) is 72.8 Å². The number of nitrogens with zero attached hydrogens (tertiary/aromatic N) is 1. The Hall–Kier alpha value is -4.06. The van der Waals surface area contributed by atoms with Gasteiger partial charge in [0, 0.05) is 22.9 Å². The lowest BCUT2D eigenvalue weighted by atomic mass is 9.98. The summed E-state index contributed by atoms with van der Waals surface area (Å²) >= 11 is 0. The van der Waals surface area contributed by atoms with E-state index in [1.807, 2.05) is 30.3 Å². The summed E-state index contributed by atoms with van der Waals surface area (Å²) in [5.74, 6) is -1.25. The number of carboxylic acids is 1. The lowest BCUT2D eigenvalue weighted by Gasteiger charge is -2.15. The lowest BCUT2D eigenvalue weighted by Crippen LogP contribution is -2.27. The van der Waals surface area contributed by atoms with Crippen molar-refractivity contribution < 1.29 is 19.1 Å². The Balaban J connectivity index is 1.43. The molecule has 36 heavy (non-hydrogen) atoms. The number of hydrogen-bond acceptors (Lipinski definition) is 3. The van der Waals surface area contributed by atoms with E-state index in [0.29, 0.717) is 24.8 Å². The average molecular weight is 483 g/mol. The van der Waals surface area contributed by atoms with Gasteiger partial charge in [-0.3, -0.25) is 9.59 Å². The van der Waals surface area contributed by atoms with Gasteiger partial charge in [0.2, 0.25) is 0 Å². The summed E-state index contributed by atoms with van der Waals surface area (Å²) < 4.78 is 13.5. The number of benzene rings is 3. The summed E-state index contributed by atoms with van der Waals surface area (Å²) in [5, 5.41) is 13.0. The fourth-order valence-electron chi connectivity index (χ4n) is 4.95. The van der Waals surface area contributed by atoms with Crippen LogP contribution in [0.3, 0.4) is 0 Å². The molecule has 1 amide bonds. The normalized spacial score (nSPS) is 14.5. The van der Waals surface area contributed by atoms with Gasteiger partial charge in [-0.15, -0.1) is 0 Å². The number of aromatic nitrogens is 1. The first-order chi connectivity index (χ1) is 17.5. The first-order valence-corrected chi connectivity index (χ1v) is 12.3. The second-order valence-electron chi connectivity index (χ2n) is 9.27. The number of amides is 1. The topological polar surface area (TPSA) is 79.3 Å². The van der Waals surface area contributed by atoms with Crippen LogP contribution in [0.2, 0.25) is 0 Å². The molecule has 1 aliphatic rings. The van der Waals surface area contributed by atoms with Gasteiger partial charge < -0.3 is 10.4 Å². The minimum Gasteiger partial charge on any atom is -0.481 e. The SMILES string of the molecule is O=C(O)CCCCc1cc2cc(C(=O)NC3CCc4ccccc43)ccc2nc1-c1ccc(F)cc1. The fraction of sp³-hybridized carbons (Fsp3) is 0.233. The van der Waals surface area contributed by atoms with Crippen molar-refractivity contribution in [2.45, 2.75) is 44.6 Å². The van der Waals surface area contributed by atoms with Crippen molar-refractivity contribution in [1.29, 1.82) is 0 Å². The number of halogens is 1. The number of aliphatic carboxylic acids is 1. The maximum atomic E-state index is 13.5. The lowest BCUT2D eigenvalue weighted by molar-refractivity contribution is -0.137. The molecule has 0 spiro atoms. The highest BCUT2D eigenvalue weighted by atomic mass is 19.1. The predicted molar refractivity (Wildman–Crippen MR) is 137 cm³/mol. The number of carbonyl (C=O) groups is 2. The summed E-state index contributed by atoms with van der Waals surface area (Å²) in [6, 6.07) is 21.9. The Labute approximate surface area is 209 Å². The molecule has 0 fully saturated rings. The molecule has 1 unspecified atom stereocenters. The van der Waals surface area contributed by atoms with Gasteiger partial charge in [0.15, 0.2) is 0 Å². The van der Waals surface area contributed by atoms with Crippen LogP contribution < -0.4 is 5.32 Å². The first kappa shape index (κ1) is 23.7. The molecule has 5 rings (SSSR count). The second-order valence-corrected chi connectivity index (χ2v) is 9.27. The average Bonchev–Trinajstić information content (AvgIpc) is 3.29. The molecule has 182 valence electrons. The molecular formula is C30H27FN2O3. The van der Waals surface area contributed by atoms with E-state index in [2.05, 4.69) is 17.4 Å². The molecule has 0 aliphatic heterocycles. The highest BCUT2D eigenvalue weighted by Crippen LogP contribution is 2.32. The third-order valence-corrected chi connectivity index (χ3v) is 6.80. The van der Waals surface area contributed by atoms with E-state index >= 15 is 0 Å². The van der Waals surface area contributed by atoms with Gasteiger partial charge in [-0.2, -0.15) is 0 Å². The van der Waals surface area contributed by atoms with Gasteiger partial charge in [0.25, 0.3) is 5.91 Å². The molecular weight excluding hydrogens is 455 g/mol.